The maximum absolute atomic E-state index is 9.36. The number of hydrogen-bond acceptors (Lipinski definition) is 1. The fourth-order valence-corrected chi connectivity index (χ4v) is 1.10. The molecule has 0 spiro atoms. The molecule has 0 fully saturated rings. The van der Waals surface area contributed by atoms with Crippen LogP contribution in [0.15, 0.2) is 24.8 Å². The Hall–Kier alpha value is -1.24. The Balaban J connectivity index is 2.99. The van der Waals surface area contributed by atoms with E-state index in [-0.39, 0.29) is 5.75 Å². The maximum atomic E-state index is 9.36. The van der Waals surface area contributed by atoms with Crippen molar-refractivity contribution in [2.75, 3.05) is 0 Å². The Bertz CT molecular complexity index is 276. The molecule has 12 heavy (non-hydrogen) atoms. The van der Waals surface area contributed by atoms with Gasteiger partial charge in [-0.2, -0.15) is 0 Å². The largest absolute Gasteiger partial charge is 0.507 e. The quantitative estimate of drug-likeness (QED) is 0.675. The maximum Gasteiger partial charge on any atom is 0.127 e. The van der Waals surface area contributed by atoms with Crippen molar-refractivity contribution in [2.24, 2.45) is 0 Å². The number of phenols is 1. The van der Waals surface area contributed by atoms with E-state index in [0.717, 1.165) is 12.0 Å². The number of aromatic hydroxyl groups is 1. The fourth-order valence-electron chi connectivity index (χ4n) is 1.10. The molecule has 0 aromatic heterocycles. The number of aryl methyl sites for hydroxylation is 1. The summed E-state index contributed by atoms with van der Waals surface area (Å²) >= 11 is 0. The molecule has 1 aromatic rings. The Labute approximate surface area is 73.4 Å². The highest BCUT2D eigenvalue weighted by Crippen LogP contribution is 2.18. The molecule has 1 heteroatoms. The summed E-state index contributed by atoms with van der Waals surface area (Å²) in [7, 11) is 0. The van der Waals surface area contributed by atoms with Crippen LogP contribution in [0, 0.1) is 6.07 Å². The first-order valence-corrected chi connectivity index (χ1v) is 4.11. The van der Waals surface area contributed by atoms with E-state index in [9.17, 15) is 5.11 Å². The van der Waals surface area contributed by atoms with Gasteiger partial charge >= 0.3 is 0 Å². The van der Waals surface area contributed by atoms with Gasteiger partial charge in [0.15, 0.2) is 0 Å². The van der Waals surface area contributed by atoms with Crippen molar-refractivity contribution in [2.45, 2.75) is 19.8 Å². The smallest absolute Gasteiger partial charge is 0.127 e. The number of benzene rings is 1. The van der Waals surface area contributed by atoms with Gasteiger partial charge in [-0.3, -0.25) is 0 Å². The number of hydrogen-bond donors (Lipinski definition) is 1. The molecule has 0 aliphatic heterocycles. The van der Waals surface area contributed by atoms with Gasteiger partial charge in [-0.1, -0.05) is 19.1 Å². The van der Waals surface area contributed by atoms with E-state index in [1.807, 2.05) is 12.1 Å². The van der Waals surface area contributed by atoms with E-state index < -0.39 is 0 Å². The number of rotatable bonds is 3. The predicted octanol–water partition coefficient (Wildman–Crippen LogP) is 2.48. The molecule has 0 heterocycles. The molecule has 0 atom stereocenters. The van der Waals surface area contributed by atoms with Crippen molar-refractivity contribution in [3.05, 3.63) is 42.0 Å². The molecule has 0 saturated heterocycles. The first-order valence-electron chi connectivity index (χ1n) is 4.11. The van der Waals surface area contributed by atoms with Crippen molar-refractivity contribution in [3.8, 4) is 5.75 Å². The van der Waals surface area contributed by atoms with Crippen LogP contribution in [-0.2, 0) is 12.8 Å². The van der Waals surface area contributed by atoms with Crippen LogP contribution in [0.1, 0.15) is 18.1 Å². The van der Waals surface area contributed by atoms with Crippen LogP contribution >= 0.6 is 0 Å². The molecule has 0 aliphatic rings. The predicted molar refractivity (Wildman–Crippen MR) is 50.2 cm³/mol. The third-order valence-electron chi connectivity index (χ3n) is 1.83. The summed E-state index contributed by atoms with van der Waals surface area (Å²) in [6, 6.07) is 6.63. The van der Waals surface area contributed by atoms with Gasteiger partial charge in [0.05, 0.1) is 0 Å². The third-order valence-corrected chi connectivity index (χ3v) is 1.83. The third kappa shape index (κ3) is 1.88. The highest BCUT2D eigenvalue weighted by molar-refractivity contribution is 5.36. The summed E-state index contributed by atoms with van der Waals surface area (Å²) in [6.45, 7) is 5.71. The zero-order valence-electron chi connectivity index (χ0n) is 7.30. The van der Waals surface area contributed by atoms with Crippen LogP contribution in [0.5, 0.6) is 5.75 Å². The summed E-state index contributed by atoms with van der Waals surface area (Å²) in [5.41, 5.74) is 2.11. The average Bonchev–Trinajstić information content (AvgIpc) is 2.09. The lowest BCUT2D eigenvalue weighted by molar-refractivity contribution is 0.468. The second-order valence-electron chi connectivity index (χ2n) is 2.73. The Morgan fingerprint density at radius 2 is 2.42 bits per heavy atom. The van der Waals surface area contributed by atoms with Crippen molar-refractivity contribution in [1.82, 2.24) is 0 Å². The molecule has 1 radical (unpaired) electrons. The zero-order valence-corrected chi connectivity index (χ0v) is 7.30. The lowest BCUT2D eigenvalue weighted by Gasteiger charge is -2.03. The molecular formula is C11H13O. The summed E-state index contributed by atoms with van der Waals surface area (Å²) in [4.78, 5) is 0. The number of allylic oxidation sites excluding steroid dienone is 1. The van der Waals surface area contributed by atoms with Crippen LogP contribution in [0.4, 0.5) is 0 Å². The summed E-state index contributed by atoms with van der Waals surface area (Å²) < 4.78 is 0. The van der Waals surface area contributed by atoms with Gasteiger partial charge in [-0.15, -0.1) is 6.58 Å². The first kappa shape index (κ1) is 8.85. The van der Waals surface area contributed by atoms with Crippen LogP contribution in [0.25, 0.3) is 0 Å². The van der Waals surface area contributed by atoms with Crippen LogP contribution in [-0.4, -0.2) is 5.11 Å². The van der Waals surface area contributed by atoms with Gasteiger partial charge in [0.1, 0.15) is 5.75 Å². The van der Waals surface area contributed by atoms with Gasteiger partial charge in [-0.25, -0.2) is 0 Å². The summed E-state index contributed by atoms with van der Waals surface area (Å²) in [5.74, 6) is 0.243. The lowest BCUT2D eigenvalue weighted by Crippen LogP contribution is -1.86. The highest BCUT2D eigenvalue weighted by Gasteiger charge is 1.99. The molecule has 0 saturated carbocycles. The SMILES string of the molecule is C=CCc1cc(CC)c[c]c1O. The van der Waals surface area contributed by atoms with E-state index in [4.69, 9.17) is 0 Å². The topological polar surface area (TPSA) is 20.2 Å². The van der Waals surface area contributed by atoms with E-state index in [1.54, 1.807) is 6.08 Å². The van der Waals surface area contributed by atoms with E-state index in [2.05, 4.69) is 19.6 Å². The van der Waals surface area contributed by atoms with Gasteiger partial charge in [0, 0.05) is 6.07 Å². The van der Waals surface area contributed by atoms with Crippen molar-refractivity contribution in [1.29, 1.82) is 0 Å². The Morgan fingerprint density at radius 1 is 1.67 bits per heavy atom. The van der Waals surface area contributed by atoms with Gasteiger partial charge in [0.25, 0.3) is 0 Å². The van der Waals surface area contributed by atoms with E-state index in [1.165, 1.54) is 5.56 Å². The zero-order chi connectivity index (χ0) is 8.97. The molecule has 1 N–H and O–H groups in total. The average molecular weight is 161 g/mol. The van der Waals surface area contributed by atoms with Gasteiger partial charge in [-0.05, 0) is 30.0 Å². The molecule has 0 unspecified atom stereocenters. The second kappa shape index (κ2) is 3.96. The molecule has 0 amide bonds. The lowest BCUT2D eigenvalue weighted by atomic mass is 10.1. The molecule has 63 valence electrons. The second-order valence-corrected chi connectivity index (χ2v) is 2.73. The standard InChI is InChI=1S/C11H13O/c1-3-5-10-8-9(4-2)6-7-11(10)12/h3,6,8,12H,1,4-5H2,2H3. The minimum atomic E-state index is 0.243. The first-order chi connectivity index (χ1) is 5.77. The monoisotopic (exact) mass is 161 g/mol. The molecule has 1 aromatic carbocycles. The fraction of sp³-hybridized carbons (Fsp3) is 0.273. The molecule has 0 aliphatic carbocycles. The van der Waals surface area contributed by atoms with Crippen molar-refractivity contribution >= 4 is 0 Å². The van der Waals surface area contributed by atoms with Crippen molar-refractivity contribution in [3.63, 3.8) is 0 Å². The normalized spacial score (nSPS) is 9.75. The molecule has 0 bridgehead atoms. The minimum absolute atomic E-state index is 0.243. The van der Waals surface area contributed by atoms with Crippen molar-refractivity contribution < 1.29 is 5.11 Å². The molecule has 1 rings (SSSR count). The van der Waals surface area contributed by atoms with Gasteiger partial charge in [0.2, 0.25) is 0 Å². The number of phenolic OH excluding ortho intramolecular Hbond substituents is 1. The van der Waals surface area contributed by atoms with E-state index in [0.29, 0.717) is 6.42 Å². The Morgan fingerprint density at radius 3 is 3.00 bits per heavy atom. The van der Waals surface area contributed by atoms with Crippen LogP contribution in [0.2, 0.25) is 0 Å². The summed E-state index contributed by atoms with van der Waals surface area (Å²) in [5, 5.41) is 9.36. The van der Waals surface area contributed by atoms with E-state index >= 15 is 0 Å². The molecule has 1 nitrogen and oxygen atoms in total. The highest BCUT2D eigenvalue weighted by atomic mass is 16.3. The molecular weight excluding hydrogens is 148 g/mol. The van der Waals surface area contributed by atoms with Gasteiger partial charge < -0.3 is 5.11 Å². The Kier molecular flexibility index (Phi) is 2.92. The van der Waals surface area contributed by atoms with Crippen LogP contribution in [0.3, 0.4) is 0 Å². The minimum Gasteiger partial charge on any atom is -0.507 e. The summed E-state index contributed by atoms with van der Waals surface area (Å²) in [6.07, 6.45) is 3.46. The van der Waals surface area contributed by atoms with Crippen LogP contribution < -0.4 is 0 Å².